The Bertz CT molecular complexity index is 701. The second-order valence-electron chi connectivity index (χ2n) is 4.87. The molecule has 1 heteroatoms. The van der Waals surface area contributed by atoms with Crippen LogP contribution in [0.5, 0.6) is 5.75 Å². The van der Waals surface area contributed by atoms with Gasteiger partial charge in [0.2, 0.25) is 0 Å². The van der Waals surface area contributed by atoms with Crippen LogP contribution in [-0.4, -0.2) is 5.11 Å². The molecule has 0 aromatic heterocycles. The molecular weight excluding hydrogens is 292 g/mol. The number of rotatable bonds is 5. The first-order valence-electron chi connectivity index (χ1n) is 8.26. The molecule has 0 saturated heterocycles. The molecule has 0 spiro atoms. The van der Waals surface area contributed by atoms with Crippen molar-refractivity contribution in [1.29, 1.82) is 0 Å². The Morgan fingerprint density at radius 1 is 0.917 bits per heavy atom. The summed E-state index contributed by atoms with van der Waals surface area (Å²) in [6.45, 7) is 9.77. The first-order valence-corrected chi connectivity index (χ1v) is 8.26. The van der Waals surface area contributed by atoms with Gasteiger partial charge in [0.05, 0.1) is 0 Å². The summed E-state index contributed by atoms with van der Waals surface area (Å²) in [4.78, 5) is 0. The van der Waals surface area contributed by atoms with E-state index >= 15 is 0 Å². The fraction of sp³-hybridized carbons (Fsp3) is 0.130. The largest absolute Gasteiger partial charge is 0.508 e. The van der Waals surface area contributed by atoms with E-state index in [1.54, 1.807) is 18.2 Å². The molecule has 0 unspecified atom stereocenters. The molecule has 0 radical (unpaired) electrons. The maximum atomic E-state index is 9.50. The first kappa shape index (κ1) is 19.2. The topological polar surface area (TPSA) is 20.2 Å². The molecule has 0 bridgehead atoms. The lowest BCUT2D eigenvalue weighted by Gasteiger charge is -2.09. The van der Waals surface area contributed by atoms with Gasteiger partial charge in [0.15, 0.2) is 0 Å². The van der Waals surface area contributed by atoms with E-state index in [1.807, 2.05) is 69.3 Å². The summed E-state index contributed by atoms with van der Waals surface area (Å²) < 4.78 is 0. The molecule has 0 aliphatic carbocycles. The van der Waals surface area contributed by atoms with Crippen LogP contribution in [-0.2, 0) is 0 Å². The highest BCUT2D eigenvalue weighted by Gasteiger charge is 2.05. The fourth-order valence-corrected chi connectivity index (χ4v) is 2.24. The number of benzene rings is 2. The Labute approximate surface area is 146 Å². The minimum Gasteiger partial charge on any atom is -0.508 e. The number of hydrogen-bond acceptors (Lipinski definition) is 1. The smallest absolute Gasteiger partial charge is 0.115 e. The summed E-state index contributed by atoms with van der Waals surface area (Å²) in [5.74, 6) is 0.270. The molecule has 2 aromatic carbocycles. The zero-order chi connectivity index (χ0) is 17.8. The molecule has 24 heavy (non-hydrogen) atoms. The number of phenolic OH excluding ortho intramolecular Hbond substituents is 1. The van der Waals surface area contributed by atoms with Gasteiger partial charge in [0, 0.05) is 0 Å². The predicted molar refractivity (Wildman–Crippen MR) is 106 cm³/mol. The zero-order valence-corrected chi connectivity index (χ0v) is 14.7. The highest BCUT2D eigenvalue weighted by molar-refractivity contribution is 5.82. The van der Waals surface area contributed by atoms with Gasteiger partial charge in [0.1, 0.15) is 5.75 Å². The third-order valence-corrected chi connectivity index (χ3v) is 3.24. The van der Waals surface area contributed by atoms with Gasteiger partial charge in [-0.1, -0.05) is 87.2 Å². The van der Waals surface area contributed by atoms with Crippen LogP contribution in [0.4, 0.5) is 0 Å². The molecule has 0 saturated carbocycles. The van der Waals surface area contributed by atoms with Crippen molar-refractivity contribution in [3.05, 3.63) is 108 Å². The fourth-order valence-electron chi connectivity index (χ4n) is 2.24. The van der Waals surface area contributed by atoms with Gasteiger partial charge >= 0.3 is 0 Å². The number of aromatic hydroxyl groups is 1. The summed E-state index contributed by atoms with van der Waals surface area (Å²) in [7, 11) is 0. The van der Waals surface area contributed by atoms with Gasteiger partial charge in [-0.25, -0.2) is 0 Å². The standard InChI is InChI=1S/C21H20O.C2H6/c1-3-8-17(9-4-2)16-21(18-10-6-5-7-11-18)19-12-14-20(22)15-13-19;1-2/h3-16,22H,1H2,2H3;1-2H3/b9-4-,17-8+,21-16?;. The highest BCUT2D eigenvalue weighted by atomic mass is 16.3. The Kier molecular flexibility index (Phi) is 8.70. The van der Waals surface area contributed by atoms with Crippen LogP contribution >= 0.6 is 0 Å². The van der Waals surface area contributed by atoms with Crippen LogP contribution in [0.3, 0.4) is 0 Å². The molecule has 2 rings (SSSR count). The van der Waals surface area contributed by atoms with Crippen LogP contribution in [0, 0.1) is 0 Å². The van der Waals surface area contributed by atoms with Gasteiger partial charge in [0.25, 0.3) is 0 Å². The summed E-state index contributed by atoms with van der Waals surface area (Å²) in [5, 5.41) is 9.50. The van der Waals surface area contributed by atoms with Crippen molar-refractivity contribution in [2.24, 2.45) is 0 Å². The normalized spacial score (nSPS) is 11.8. The van der Waals surface area contributed by atoms with Gasteiger partial charge < -0.3 is 5.11 Å². The number of allylic oxidation sites excluding steroid dienone is 6. The van der Waals surface area contributed by atoms with Crippen LogP contribution in [0.1, 0.15) is 31.9 Å². The lowest BCUT2D eigenvalue weighted by molar-refractivity contribution is 0.475. The lowest BCUT2D eigenvalue weighted by atomic mass is 9.95. The Morgan fingerprint density at radius 2 is 1.50 bits per heavy atom. The van der Waals surface area contributed by atoms with Crippen molar-refractivity contribution < 1.29 is 5.11 Å². The molecule has 0 atom stereocenters. The first-order chi connectivity index (χ1) is 11.7. The molecule has 1 nitrogen and oxygen atoms in total. The monoisotopic (exact) mass is 318 g/mol. The highest BCUT2D eigenvalue weighted by Crippen LogP contribution is 2.26. The lowest BCUT2D eigenvalue weighted by Crippen LogP contribution is -1.89. The predicted octanol–water partition coefficient (Wildman–Crippen LogP) is 6.54. The van der Waals surface area contributed by atoms with Crippen molar-refractivity contribution in [1.82, 2.24) is 0 Å². The van der Waals surface area contributed by atoms with Crippen molar-refractivity contribution in [2.45, 2.75) is 20.8 Å². The minimum atomic E-state index is 0.270. The zero-order valence-electron chi connectivity index (χ0n) is 14.7. The van der Waals surface area contributed by atoms with Crippen molar-refractivity contribution in [3.8, 4) is 5.75 Å². The molecule has 0 amide bonds. The summed E-state index contributed by atoms with van der Waals surface area (Å²) >= 11 is 0. The van der Waals surface area contributed by atoms with Crippen LogP contribution in [0.25, 0.3) is 5.57 Å². The van der Waals surface area contributed by atoms with Gasteiger partial charge in [-0.3, -0.25) is 0 Å². The van der Waals surface area contributed by atoms with E-state index in [9.17, 15) is 5.11 Å². The van der Waals surface area contributed by atoms with Crippen LogP contribution in [0.15, 0.2) is 97.1 Å². The molecule has 1 N–H and O–H groups in total. The van der Waals surface area contributed by atoms with Gasteiger partial charge in [-0.05, 0) is 47.4 Å². The van der Waals surface area contributed by atoms with E-state index in [1.165, 1.54) is 0 Å². The van der Waals surface area contributed by atoms with Gasteiger partial charge in [-0.2, -0.15) is 0 Å². The maximum Gasteiger partial charge on any atom is 0.115 e. The second-order valence-corrected chi connectivity index (χ2v) is 4.87. The molecule has 2 aromatic rings. The number of hydrogen-bond donors (Lipinski definition) is 1. The number of phenols is 1. The average molecular weight is 318 g/mol. The summed E-state index contributed by atoms with van der Waals surface area (Å²) in [5.41, 5.74) is 4.37. The quantitative estimate of drug-likeness (QED) is 0.621. The third kappa shape index (κ3) is 5.77. The molecule has 0 fully saturated rings. The third-order valence-electron chi connectivity index (χ3n) is 3.24. The minimum absolute atomic E-state index is 0.270. The SMILES string of the molecule is C=C/C=C(C=C(c1ccccc1)c1ccc(O)cc1)\C=C/C.CC. The Hall–Kier alpha value is -2.80. The van der Waals surface area contributed by atoms with E-state index in [0.29, 0.717) is 0 Å². The van der Waals surface area contributed by atoms with Gasteiger partial charge in [-0.15, -0.1) is 0 Å². The molecule has 0 heterocycles. The maximum absolute atomic E-state index is 9.50. The Balaban J connectivity index is 0.00000139. The Morgan fingerprint density at radius 3 is 2.04 bits per heavy atom. The van der Waals surface area contributed by atoms with Crippen LogP contribution in [0.2, 0.25) is 0 Å². The molecular formula is C23H26O. The van der Waals surface area contributed by atoms with Crippen molar-refractivity contribution >= 4 is 5.57 Å². The summed E-state index contributed by atoms with van der Waals surface area (Å²) in [6.07, 6.45) is 9.94. The summed E-state index contributed by atoms with van der Waals surface area (Å²) in [6, 6.07) is 17.5. The average Bonchev–Trinajstić information content (AvgIpc) is 2.63. The second kappa shape index (κ2) is 10.8. The van der Waals surface area contributed by atoms with Crippen molar-refractivity contribution in [3.63, 3.8) is 0 Å². The van der Waals surface area contributed by atoms with E-state index in [0.717, 1.165) is 22.3 Å². The van der Waals surface area contributed by atoms with E-state index < -0.39 is 0 Å². The molecule has 0 aliphatic heterocycles. The van der Waals surface area contributed by atoms with E-state index in [2.05, 4.69) is 24.8 Å². The van der Waals surface area contributed by atoms with Crippen molar-refractivity contribution in [2.75, 3.05) is 0 Å². The molecule has 124 valence electrons. The van der Waals surface area contributed by atoms with Crippen LogP contribution < -0.4 is 0 Å². The van der Waals surface area contributed by atoms with E-state index in [4.69, 9.17) is 0 Å². The van der Waals surface area contributed by atoms with E-state index in [-0.39, 0.29) is 5.75 Å². The molecule has 0 aliphatic rings.